The third-order valence-corrected chi connectivity index (χ3v) is 4.67. The Morgan fingerprint density at radius 3 is 2.58 bits per heavy atom. The number of anilines is 1. The van der Waals surface area contributed by atoms with Gasteiger partial charge in [0.15, 0.2) is 0 Å². The first-order chi connectivity index (χ1) is 12.7. The summed E-state index contributed by atoms with van der Waals surface area (Å²) in [4.78, 5) is 33.0. The zero-order chi connectivity index (χ0) is 17.9. The van der Waals surface area contributed by atoms with E-state index in [0.29, 0.717) is 12.2 Å². The first-order valence-corrected chi connectivity index (χ1v) is 8.69. The van der Waals surface area contributed by atoms with Gasteiger partial charge in [0.05, 0.1) is 6.54 Å². The van der Waals surface area contributed by atoms with Crippen LogP contribution in [0.1, 0.15) is 0 Å². The van der Waals surface area contributed by atoms with Crippen molar-refractivity contribution in [2.75, 3.05) is 37.6 Å². The van der Waals surface area contributed by atoms with Gasteiger partial charge in [-0.1, -0.05) is 6.07 Å². The Hall–Kier alpha value is -3.00. The molecular formula is C18H20N6O2. The smallest absolute Gasteiger partial charge is 0.266 e. The van der Waals surface area contributed by atoms with E-state index in [1.807, 2.05) is 18.2 Å². The molecule has 0 radical (unpaired) electrons. The van der Waals surface area contributed by atoms with E-state index in [2.05, 4.69) is 19.9 Å². The van der Waals surface area contributed by atoms with E-state index in [4.69, 9.17) is 0 Å². The van der Waals surface area contributed by atoms with Gasteiger partial charge in [0.1, 0.15) is 11.5 Å². The SMILES string of the molecule is O=c1cccnn1CCN1CCN(c2cc(=O)n3ccccc3n2)CC1. The van der Waals surface area contributed by atoms with E-state index in [1.54, 1.807) is 28.9 Å². The number of hydrogen-bond acceptors (Lipinski definition) is 6. The van der Waals surface area contributed by atoms with Gasteiger partial charge in [-0.2, -0.15) is 5.10 Å². The summed E-state index contributed by atoms with van der Waals surface area (Å²) in [6.45, 7) is 4.67. The van der Waals surface area contributed by atoms with Crippen LogP contribution in [-0.2, 0) is 6.54 Å². The molecule has 0 aromatic carbocycles. The third-order valence-electron chi connectivity index (χ3n) is 4.67. The minimum Gasteiger partial charge on any atom is -0.354 e. The molecule has 3 aromatic heterocycles. The minimum absolute atomic E-state index is 0.0671. The van der Waals surface area contributed by atoms with Crippen LogP contribution in [0.15, 0.2) is 58.4 Å². The van der Waals surface area contributed by atoms with Crippen molar-refractivity contribution in [1.82, 2.24) is 24.1 Å². The van der Waals surface area contributed by atoms with Crippen LogP contribution in [0.2, 0.25) is 0 Å². The van der Waals surface area contributed by atoms with Gasteiger partial charge in [-0.3, -0.25) is 18.9 Å². The monoisotopic (exact) mass is 352 g/mol. The van der Waals surface area contributed by atoms with Crippen molar-refractivity contribution < 1.29 is 0 Å². The van der Waals surface area contributed by atoms with Crippen LogP contribution in [0.25, 0.3) is 5.65 Å². The lowest BCUT2D eigenvalue weighted by molar-refractivity contribution is 0.242. The van der Waals surface area contributed by atoms with E-state index in [0.717, 1.165) is 38.5 Å². The molecule has 0 N–H and O–H groups in total. The van der Waals surface area contributed by atoms with Crippen molar-refractivity contribution in [3.8, 4) is 0 Å². The number of nitrogens with zero attached hydrogens (tertiary/aromatic N) is 6. The van der Waals surface area contributed by atoms with Crippen molar-refractivity contribution in [2.45, 2.75) is 6.54 Å². The van der Waals surface area contributed by atoms with Crippen LogP contribution < -0.4 is 16.0 Å². The molecule has 1 fully saturated rings. The standard InChI is InChI=1S/C18H20N6O2/c25-17-5-3-6-19-24(17)13-10-21-8-11-22(12-9-21)16-14-18(26)23-7-2-1-4-15(23)20-16/h1-7,14H,8-13H2. The molecule has 0 amide bonds. The van der Waals surface area contributed by atoms with Crippen molar-refractivity contribution in [3.63, 3.8) is 0 Å². The average molecular weight is 352 g/mol. The Kier molecular flexibility index (Phi) is 4.49. The molecule has 0 saturated carbocycles. The molecule has 1 saturated heterocycles. The highest BCUT2D eigenvalue weighted by Crippen LogP contribution is 2.13. The van der Waals surface area contributed by atoms with Crippen LogP contribution in [0.5, 0.6) is 0 Å². The first-order valence-electron chi connectivity index (χ1n) is 8.69. The van der Waals surface area contributed by atoms with Crippen LogP contribution in [-0.4, -0.2) is 56.8 Å². The summed E-state index contributed by atoms with van der Waals surface area (Å²) in [6.07, 6.45) is 3.36. The lowest BCUT2D eigenvalue weighted by atomic mass is 10.3. The maximum absolute atomic E-state index is 12.2. The van der Waals surface area contributed by atoms with Crippen LogP contribution in [0.3, 0.4) is 0 Å². The number of rotatable bonds is 4. The quantitative estimate of drug-likeness (QED) is 0.662. The van der Waals surface area contributed by atoms with Crippen LogP contribution >= 0.6 is 0 Å². The molecule has 1 aliphatic heterocycles. The molecule has 8 heteroatoms. The maximum atomic E-state index is 12.2. The van der Waals surface area contributed by atoms with Gasteiger partial charge in [-0.25, -0.2) is 9.67 Å². The van der Waals surface area contributed by atoms with E-state index in [-0.39, 0.29) is 11.1 Å². The Morgan fingerprint density at radius 1 is 0.923 bits per heavy atom. The highest BCUT2D eigenvalue weighted by atomic mass is 16.1. The molecule has 0 bridgehead atoms. The number of hydrogen-bond donors (Lipinski definition) is 0. The van der Waals surface area contributed by atoms with Crippen LogP contribution in [0, 0.1) is 0 Å². The lowest BCUT2D eigenvalue weighted by Crippen LogP contribution is -2.48. The van der Waals surface area contributed by atoms with Gasteiger partial charge < -0.3 is 4.90 Å². The van der Waals surface area contributed by atoms with Gasteiger partial charge in [0, 0.05) is 57.3 Å². The highest BCUT2D eigenvalue weighted by molar-refractivity contribution is 5.48. The summed E-state index contributed by atoms with van der Waals surface area (Å²) in [5, 5.41) is 4.08. The second kappa shape index (κ2) is 7.09. The fourth-order valence-electron chi connectivity index (χ4n) is 3.20. The van der Waals surface area contributed by atoms with E-state index < -0.39 is 0 Å². The number of fused-ring (bicyclic) bond motifs is 1. The van der Waals surface area contributed by atoms with E-state index in [1.165, 1.54) is 10.7 Å². The first kappa shape index (κ1) is 16.5. The summed E-state index contributed by atoms with van der Waals surface area (Å²) < 4.78 is 3.03. The highest BCUT2D eigenvalue weighted by Gasteiger charge is 2.19. The van der Waals surface area contributed by atoms with Gasteiger partial charge in [-0.15, -0.1) is 0 Å². The number of piperazine rings is 1. The Labute approximate surface area is 149 Å². The third kappa shape index (κ3) is 3.36. The van der Waals surface area contributed by atoms with Crippen molar-refractivity contribution in [1.29, 1.82) is 0 Å². The minimum atomic E-state index is -0.0769. The zero-order valence-corrected chi connectivity index (χ0v) is 14.4. The van der Waals surface area contributed by atoms with Gasteiger partial charge in [-0.05, 0) is 18.2 Å². The summed E-state index contributed by atoms with van der Waals surface area (Å²) >= 11 is 0. The van der Waals surface area contributed by atoms with E-state index in [9.17, 15) is 9.59 Å². The molecule has 134 valence electrons. The van der Waals surface area contributed by atoms with Crippen molar-refractivity contribution in [2.24, 2.45) is 0 Å². The summed E-state index contributed by atoms with van der Waals surface area (Å²) in [6, 6.07) is 10.3. The maximum Gasteiger partial charge on any atom is 0.266 e. The Balaban J connectivity index is 1.40. The van der Waals surface area contributed by atoms with Crippen molar-refractivity contribution in [3.05, 3.63) is 69.5 Å². The molecule has 0 aliphatic carbocycles. The molecule has 1 aliphatic rings. The van der Waals surface area contributed by atoms with Gasteiger partial charge >= 0.3 is 0 Å². The average Bonchev–Trinajstić information content (AvgIpc) is 2.68. The molecule has 4 rings (SSSR count). The molecule has 0 atom stereocenters. The summed E-state index contributed by atoms with van der Waals surface area (Å²) in [5.41, 5.74) is 0.515. The number of pyridine rings is 1. The van der Waals surface area contributed by atoms with Gasteiger partial charge in [0.2, 0.25) is 0 Å². The predicted molar refractivity (Wildman–Crippen MR) is 98.6 cm³/mol. The normalized spacial score (nSPS) is 15.5. The largest absolute Gasteiger partial charge is 0.354 e. The molecule has 8 nitrogen and oxygen atoms in total. The molecule has 0 unspecified atom stereocenters. The number of aromatic nitrogens is 4. The zero-order valence-electron chi connectivity index (χ0n) is 14.4. The van der Waals surface area contributed by atoms with Crippen molar-refractivity contribution >= 4 is 11.5 Å². The van der Waals surface area contributed by atoms with E-state index >= 15 is 0 Å². The summed E-state index contributed by atoms with van der Waals surface area (Å²) in [7, 11) is 0. The topological polar surface area (TPSA) is 75.7 Å². The second-order valence-electron chi connectivity index (χ2n) is 6.30. The lowest BCUT2D eigenvalue weighted by Gasteiger charge is -2.35. The molecular weight excluding hydrogens is 332 g/mol. The molecule has 26 heavy (non-hydrogen) atoms. The second-order valence-corrected chi connectivity index (χ2v) is 6.30. The Bertz CT molecular complexity index is 1020. The molecule has 0 spiro atoms. The predicted octanol–water partition coefficient (Wildman–Crippen LogP) is 0.0734. The Morgan fingerprint density at radius 2 is 1.77 bits per heavy atom. The van der Waals surface area contributed by atoms with Crippen LogP contribution in [0.4, 0.5) is 5.82 Å². The molecule has 3 aromatic rings. The fraction of sp³-hybridized carbons (Fsp3) is 0.333. The molecule has 4 heterocycles. The summed E-state index contributed by atoms with van der Waals surface area (Å²) in [5.74, 6) is 0.724. The fourth-order valence-corrected chi connectivity index (χ4v) is 3.20. The van der Waals surface area contributed by atoms with Gasteiger partial charge in [0.25, 0.3) is 11.1 Å².